The number of hydrogen-bond acceptors (Lipinski definition) is 4. The van der Waals surface area contributed by atoms with Crippen LogP contribution in [-0.4, -0.2) is 28.7 Å². The van der Waals surface area contributed by atoms with Gasteiger partial charge in [0.1, 0.15) is 0 Å². The number of carboxylic acid groups (broad SMARTS) is 1. The van der Waals surface area contributed by atoms with Gasteiger partial charge in [-0.1, -0.05) is 12.1 Å². The summed E-state index contributed by atoms with van der Waals surface area (Å²) in [5.41, 5.74) is 0.904. The quantitative estimate of drug-likeness (QED) is 0.601. The molecule has 6 heteroatoms. The summed E-state index contributed by atoms with van der Waals surface area (Å²) in [6.07, 6.45) is -0.316. The highest BCUT2D eigenvalue weighted by molar-refractivity contribution is 5.71. The normalized spacial score (nSPS) is 12.1. The number of nitrogens with zero attached hydrogens (tertiary/aromatic N) is 1. The zero-order chi connectivity index (χ0) is 12.8. The van der Waals surface area contributed by atoms with Crippen LogP contribution in [0.25, 0.3) is 0 Å². The molecule has 1 aromatic rings. The number of aliphatic carboxylic acids is 1. The minimum absolute atomic E-state index is 0.0357. The average molecular weight is 239 g/mol. The van der Waals surface area contributed by atoms with E-state index in [0.29, 0.717) is 6.42 Å². The first-order chi connectivity index (χ1) is 8.00. The Bertz CT molecular complexity index is 401. The van der Waals surface area contributed by atoms with Crippen molar-refractivity contribution in [3.05, 3.63) is 39.9 Å². The van der Waals surface area contributed by atoms with E-state index in [1.165, 1.54) is 19.1 Å². The lowest BCUT2D eigenvalue weighted by Gasteiger charge is -2.07. The lowest BCUT2D eigenvalue weighted by atomic mass is 10.1. The molecule has 92 valence electrons. The number of nitro groups is 1. The number of carboxylic acids is 1. The van der Waals surface area contributed by atoms with E-state index in [0.717, 1.165) is 5.56 Å². The monoisotopic (exact) mass is 239 g/mol. The smallest absolute Gasteiger partial charge is 0.332 e. The van der Waals surface area contributed by atoms with E-state index >= 15 is 0 Å². The van der Waals surface area contributed by atoms with Crippen LogP contribution in [0.1, 0.15) is 12.5 Å². The molecule has 1 atom stereocenters. The number of ether oxygens (including phenoxy) is 1. The fraction of sp³-hybridized carbons (Fsp3) is 0.364. The summed E-state index contributed by atoms with van der Waals surface area (Å²) in [6.45, 7) is 1.73. The number of benzene rings is 1. The summed E-state index contributed by atoms with van der Waals surface area (Å²) >= 11 is 0. The van der Waals surface area contributed by atoms with Gasteiger partial charge in [-0.25, -0.2) is 4.79 Å². The number of non-ortho nitro benzene ring substituents is 1. The number of carbonyl (C=O) groups is 1. The van der Waals surface area contributed by atoms with Gasteiger partial charge in [-0.2, -0.15) is 0 Å². The third kappa shape index (κ3) is 4.20. The highest BCUT2D eigenvalue weighted by Crippen LogP contribution is 2.12. The van der Waals surface area contributed by atoms with Gasteiger partial charge in [-0.05, 0) is 18.9 Å². The van der Waals surface area contributed by atoms with E-state index in [1.807, 2.05) is 0 Å². The van der Waals surface area contributed by atoms with E-state index in [4.69, 9.17) is 9.84 Å². The Hall–Kier alpha value is -1.95. The fourth-order valence-corrected chi connectivity index (χ4v) is 1.21. The SMILES string of the molecule is C[C@H](OCCc1ccc([N+](=O)[O-])cc1)C(=O)O. The second kappa shape index (κ2) is 5.95. The summed E-state index contributed by atoms with van der Waals surface area (Å²) < 4.78 is 5.05. The number of hydrogen-bond donors (Lipinski definition) is 1. The highest BCUT2D eigenvalue weighted by atomic mass is 16.6. The van der Waals surface area contributed by atoms with Gasteiger partial charge in [-0.3, -0.25) is 10.1 Å². The van der Waals surface area contributed by atoms with Crippen molar-refractivity contribution in [1.29, 1.82) is 0 Å². The first-order valence-corrected chi connectivity index (χ1v) is 5.08. The van der Waals surface area contributed by atoms with Gasteiger partial charge >= 0.3 is 5.97 Å². The maximum absolute atomic E-state index is 10.5. The molecule has 0 unspecified atom stereocenters. The van der Waals surface area contributed by atoms with Gasteiger partial charge in [0.25, 0.3) is 5.69 Å². The van der Waals surface area contributed by atoms with Crippen LogP contribution >= 0.6 is 0 Å². The topological polar surface area (TPSA) is 89.7 Å². The highest BCUT2D eigenvalue weighted by Gasteiger charge is 2.10. The molecular weight excluding hydrogens is 226 g/mol. The molecule has 0 amide bonds. The van der Waals surface area contributed by atoms with E-state index in [-0.39, 0.29) is 12.3 Å². The maximum Gasteiger partial charge on any atom is 0.332 e. The van der Waals surface area contributed by atoms with Crippen LogP contribution in [-0.2, 0) is 16.0 Å². The van der Waals surface area contributed by atoms with Crippen molar-refractivity contribution in [2.75, 3.05) is 6.61 Å². The molecule has 0 heterocycles. The third-order valence-electron chi connectivity index (χ3n) is 2.25. The Labute approximate surface area is 98.0 Å². The lowest BCUT2D eigenvalue weighted by molar-refractivity contribution is -0.384. The summed E-state index contributed by atoms with van der Waals surface area (Å²) in [5, 5.41) is 19.0. The van der Waals surface area contributed by atoms with Crippen LogP contribution in [0.2, 0.25) is 0 Å². The van der Waals surface area contributed by atoms with E-state index < -0.39 is 17.0 Å². The summed E-state index contributed by atoms with van der Waals surface area (Å²) in [4.78, 5) is 20.4. The van der Waals surface area contributed by atoms with Crippen LogP contribution in [0.5, 0.6) is 0 Å². The van der Waals surface area contributed by atoms with Crippen molar-refractivity contribution < 1.29 is 19.6 Å². The summed E-state index contributed by atoms with van der Waals surface area (Å²) in [6, 6.07) is 6.09. The van der Waals surface area contributed by atoms with Gasteiger partial charge < -0.3 is 9.84 Å². The van der Waals surface area contributed by atoms with Crippen molar-refractivity contribution in [3.8, 4) is 0 Å². The molecule has 0 aromatic heterocycles. The minimum atomic E-state index is -1.01. The van der Waals surface area contributed by atoms with Gasteiger partial charge in [0, 0.05) is 12.1 Å². The first kappa shape index (κ1) is 13.1. The van der Waals surface area contributed by atoms with E-state index in [2.05, 4.69) is 0 Å². The van der Waals surface area contributed by atoms with Crippen molar-refractivity contribution >= 4 is 11.7 Å². The zero-order valence-electron chi connectivity index (χ0n) is 9.33. The van der Waals surface area contributed by atoms with Crippen molar-refractivity contribution in [2.24, 2.45) is 0 Å². The Morgan fingerprint density at radius 3 is 2.53 bits per heavy atom. The predicted octanol–water partition coefficient (Wildman–Crippen LogP) is 1.63. The van der Waals surface area contributed by atoms with Gasteiger partial charge in [0.2, 0.25) is 0 Å². The average Bonchev–Trinajstić information content (AvgIpc) is 2.29. The summed E-state index contributed by atoms with van der Waals surface area (Å²) in [5.74, 6) is -1.01. The number of rotatable bonds is 6. The van der Waals surface area contributed by atoms with Gasteiger partial charge in [0.05, 0.1) is 11.5 Å². The second-order valence-electron chi connectivity index (χ2n) is 3.52. The Morgan fingerprint density at radius 1 is 1.47 bits per heavy atom. The van der Waals surface area contributed by atoms with Crippen LogP contribution in [0, 0.1) is 10.1 Å². The molecule has 17 heavy (non-hydrogen) atoms. The molecule has 0 spiro atoms. The molecule has 0 fully saturated rings. The molecule has 0 aliphatic rings. The number of nitro benzene ring substituents is 1. The standard InChI is InChI=1S/C11H13NO5/c1-8(11(13)14)17-7-6-9-2-4-10(5-3-9)12(15)16/h2-5,8H,6-7H2,1H3,(H,13,14)/t8-/m0/s1. The molecule has 1 N–H and O–H groups in total. The van der Waals surface area contributed by atoms with Crippen molar-refractivity contribution in [2.45, 2.75) is 19.4 Å². The van der Waals surface area contributed by atoms with E-state index in [1.54, 1.807) is 12.1 Å². The molecule has 0 bridgehead atoms. The molecule has 1 rings (SSSR count). The zero-order valence-corrected chi connectivity index (χ0v) is 9.33. The third-order valence-corrected chi connectivity index (χ3v) is 2.25. The molecule has 6 nitrogen and oxygen atoms in total. The molecule has 0 saturated heterocycles. The van der Waals surface area contributed by atoms with Crippen molar-refractivity contribution in [1.82, 2.24) is 0 Å². The van der Waals surface area contributed by atoms with Crippen LogP contribution in [0.15, 0.2) is 24.3 Å². The first-order valence-electron chi connectivity index (χ1n) is 5.08. The Morgan fingerprint density at radius 2 is 2.06 bits per heavy atom. The maximum atomic E-state index is 10.5. The van der Waals surface area contributed by atoms with Crippen LogP contribution in [0.4, 0.5) is 5.69 Å². The van der Waals surface area contributed by atoms with Crippen LogP contribution in [0.3, 0.4) is 0 Å². The molecular formula is C11H13NO5. The molecule has 0 radical (unpaired) electrons. The fourth-order valence-electron chi connectivity index (χ4n) is 1.21. The largest absolute Gasteiger partial charge is 0.479 e. The Kier molecular flexibility index (Phi) is 4.59. The molecule has 1 aromatic carbocycles. The summed E-state index contributed by atoms with van der Waals surface area (Å²) in [7, 11) is 0. The van der Waals surface area contributed by atoms with Gasteiger partial charge in [-0.15, -0.1) is 0 Å². The lowest BCUT2D eigenvalue weighted by Crippen LogP contribution is -2.20. The van der Waals surface area contributed by atoms with E-state index in [9.17, 15) is 14.9 Å². The van der Waals surface area contributed by atoms with Crippen molar-refractivity contribution in [3.63, 3.8) is 0 Å². The molecule has 0 aliphatic carbocycles. The second-order valence-corrected chi connectivity index (χ2v) is 3.52. The minimum Gasteiger partial charge on any atom is -0.479 e. The van der Waals surface area contributed by atoms with Crippen LogP contribution < -0.4 is 0 Å². The predicted molar refractivity (Wildman–Crippen MR) is 59.9 cm³/mol. The Balaban J connectivity index is 2.42. The molecule has 0 saturated carbocycles. The van der Waals surface area contributed by atoms with Gasteiger partial charge in [0.15, 0.2) is 6.10 Å². The molecule has 0 aliphatic heterocycles.